The monoisotopic (exact) mass is 683 g/mol. The van der Waals surface area contributed by atoms with E-state index in [0.29, 0.717) is 58.5 Å². The van der Waals surface area contributed by atoms with Crippen LogP contribution in [0.15, 0.2) is 71.1 Å². The highest BCUT2D eigenvalue weighted by Crippen LogP contribution is 2.41. The molecule has 0 radical (unpaired) electrons. The number of carboxylic acids is 1. The number of nitrogens with zero attached hydrogens (tertiary/aromatic N) is 4. The molecule has 0 aliphatic carbocycles. The average molecular weight is 684 g/mol. The minimum atomic E-state index is -1.28. The van der Waals surface area contributed by atoms with Crippen molar-refractivity contribution in [2.75, 3.05) is 45.2 Å². The minimum Gasteiger partial charge on any atom is -0.487 e. The van der Waals surface area contributed by atoms with E-state index in [1.807, 2.05) is 55.6 Å². The van der Waals surface area contributed by atoms with Crippen LogP contribution in [0.4, 0.5) is 10.6 Å². The van der Waals surface area contributed by atoms with Crippen LogP contribution in [0.1, 0.15) is 44.5 Å². The zero-order valence-electron chi connectivity index (χ0n) is 28.6. The fourth-order valence-electron chi connectivity index (χ4n) is 5.62. The number of likely N-dealkylation sites (N-methyl/N-ethyl adjacent to an activating group) is 1. The molecule has 49 heavy (non-hydrogen) atoms. The standard InChI is InChI=1S/C37H42N6O5S/c1-6-15-42-22-29(36(45)46)34(44)27-18-25(32(20-31(27)42)48-17-16-43(5,8-3)9-4)28-21-39-33(41-37(47)38-7-2)19-26(28)35-40-30(23-49-35)24-13-11-10-12-14-24/h10-14,18-23H,6-9,15-17H2,1-5H3,(H2-,38,39,41,45,46,47)/p+1. The van der Waals surface area contributed by atoms with Gasteiger partial charge >= 0.3 is 12.0 Å². The van der Waals surface area contributed by atoms with Gasteiger partial charge < -0.3 is 24.2 Å². The van der Waals surface area contributed by atoms with E-state index in [-0.39, 0.29) is 10.9 Å². The summed E-state index contributed by atoms with van der Waals surface area (Å²) in [6, 6.07) is 14.8. The molecule has 2 aromatic carbocycles. The number of carbonyl (C=O) groups excluding carboxylic acids is 1. The lowest BCUT2D eigenvalue weighted by atomic mass is 9.98. The normalized spacial score (nSPS) is 11.4. The second kappa shape index (κ2) is 15.4. The number of quaternary nitrogens is 1. The van der Waals surface area contributed by atoms with Crippen LogP contribution in [0, 0.1) is 0 Å². The van der Waals surface area contributed by atoms with E-state index in [9.17, 15) is 19.5 Å². The first-order chi connectivity index (χ1) is 23.6. The number of hydrogen-bond acceptors (Lipinski definition) is 7. The minimum absolute atomic E-state index is 0.262. The van der Waals surface area contributed by atoms with Gasteiger partial charge in [-0.15, -0.1) is 11.3 Å². The van der Waals surface area contributed by atoms with Gasteiger partial charge in [-0.1, -0.05) is 37.3 Å². The highest BCUT2D eigenvalue weighted by Gasteiger charge is 2.23. The van der Waals surface area contributed by atoms with Crippen LogP contribution in [-0.4, -0.2) is 76.0 Å². The van der Waals surface area contributed by atoms with E-state index in [2.05, 4.69) is 36.5 Å². The van der Waals surface area contributed by atoms with Crippen molar-refractivity contribution in [3.8, 4) is 38.7 Å². The molecule has 0 aliphatic heterocycles. The number of fused-ring (bicyclic) bond motifs is 1. The molecule has 0 spiro atoms. The molecule has 0 saturated heterocycles. The molecule has 3 N–H and O–H groups in total. The first-order valence-corrected chi connectivity index (χ1v) is 17.5. The number of amides is 2. The number of aromatic nitrogens is 3. The van der Waals surface area contributed by atoms with Crippen molar-refractivity contribution in [3.63, 3.8) is 0 Å². The van der Waals surface area contributed by atoms with Gasteiger partial charge in [0.05, 0.1) is 31.3 Å². The van der Waals surface area contributed by atoms with Gasteiger partial charge in [0, 0.05) is 64.6 Å². The third-order valence-corrected chi connectivity index (χ3v) is 9.74. The summed E-state index contributed by atoms with van der Waals surface area (Å²) in [6.07, 6.45) is 3.79. The molecular weight excluding hydrogens is 641 g/mol. The summed E-state index contributed by atoms with van der Waals surface area (Å²) >= 11 is 1.45. The van der Waals surface area contributed by atoms with Crippen molar-refractivity contribution in [3.05, 3.63) is 82.1 Å². The molecule has 0 fully saturated rings. The molecule has 5 rings (SSSR count). The summed E-state index contributed by atoms with van der Waals surface area (Å²) in [6.45, 7) is 12.2. The maximum atomic E-state index is 13.7. The fourth-order valence-corrected chi connectivity index (χ4v) is 6.48. The van der Waals surface area contributed by atoms with Crippen molar-refractivity contribution >= 4 is 40.1 Å². The Balaban J connectivity index is 1.75. The number of anilines is 1. The Morgan fingerprint density at radius 3 is 2.45 bits per heavy atom. The van der Waals surface area contributed by atoms with Gasteiger partial charge in [0.25, 0.3) is 0 Å². The van der Waals surface area contributed by atoms with E-state index < -0.39 is 17.4 Å². The SMILES string of the molecule is CCCn1cc(C(=O)O)c(=O)c2cc(-c3cnc(NC(=O)NCC)cc3-c3nc(-c4ccccc4)cs3)c(OCC[N+](C)(CC)CC)cc21. The predicted octanol–water partition coefficient (Wildman–Crippen LogP) is 6.97. The van der Waals surface area contributed by atoms with E-state index in [0.717, 1.165) is 41.8 Å². The number of aromatic carboxylic acids is 1. The molecule has 0 bridgehead atoms. The Kier molecular flexibility index (Phi) is 11.1. The number of hydrogen-bond donors (Lipinski definition) is 3. The maximum absolute atomic E-state index is 13.7. The second-order valence-electron chi connectivity index (χ2n) is 12.1. The molecule has 2 amide bonds. The molecule has 3 heterocycles. The molecule has 3 aromatic heterocycles. The zero-order chi connectivity index (χ0) is 35.1. The number of benzene rings is 2. The maximum Gasteiger partial charge on any atom is 0.341 e. The fraction of sp³-hybridized carbons (Fsp3) is 0.324. The van der Waals surface area contributed by atoms with Gasteiger partial charge in [0.1, 0.15) is 35.3 Å². The number of ether oxygens (including phenoxy) is 1. The Morgan fingerprint density at radius 2 is 1.78 bits per heavy atom. The van der Waals surface area contributed by atoms with Crippen LogP contribution in [0.3, 0.4) is 0 Å². The summed E-state index contributed by atoms with van der Waals surface area (Å²) < 4.78 is 9.20. The van der Waals surface area contributed by atoms with E-state index in [1.165, 1.54) is 17.5 Å². The first-order valence-electron chi connectivity index (χ1n) is 16.6. The molecule has 256 valence electrons. The van der Waals surface area contributed by atoms with Gasteiger partial charge in [-0.25, -0.2) is 19.6 Å². The number of thiazole rings is 1. The van der Waals surface area contributed by atoms with Gasteiger partial charge in [0.2, 0.25) is 5.43 Å². The molecule has 11 nitrogen and oxygen atoms in total. The van der Waals surface area contributed by atoms with E-state index in [1.54, 1.807) is 22.9 Å². The Bertz CT molecular complexity index is 2020. The quantitative estimate of drug-likeness (QED) is 0.108. The summed E-state index contributed by atoms with van der Waals surface area (Å²) in [4.78, 5) is 47.9. The number of carbonyl (C=O) groups is 2. The Hall–Kier alpha value is -5.07. The lowest BCUT2D eigenvalue weighted by molar-refractivity contribution is -0.906. The molecular formula is C37H43N6O5S+. The largest absolute Gasteiger partial charge is 0.487 e. The van der Waals surface area contributed by atoms with E-state index >= 15 is 0 Å². The third kappa shape index (κ3) is 7.82. The van der Waals surface area contributed by atoms with Crippen LogP contribution >= 0.6 is 11.3 Å². The number of pyridine rings is 2. The van der Waals surface area contributed by atoms with Crippen LogP contribution < -0.4 is 20.8 Å². The van der Waals surface area contributed by atoms with Crippen LogP contribution in [0.5, 0.6) is 5.75 Å². The average Bonchev–Trinajstić information content (AvgIpc) is 3.60. The summed E-state index contributed by atoms with van der Waals surface area (Å²) in [5, 5.41) is 18.4. The Morgan fingerprint density at radius 1 is 1.02 bits per heavy atom. The molecule has 12 heteroatoms. The molecule has 0 saturated carbocycles. The van der Waals surface area contributed by atoms with Crippen molar-refractivity contribution < 1.29 is 23.9 Å². The lowest BCUT2D eigenvalue weighted by Crippen LogP contribution is -2.46. The van der Waals surface area contributed by atoms with Crippen LogP contribution in [0.2, 0.25) is 0 Å². The number of aryl methyl sites for hydroxylation is 1. The number of urea groups is 1. The topological polar surface area (TPSA) is 135 Å². The summed E-state index contributed by atoms with van der Waals surface area (Å²) in [5.74, 6) is -0.429. The third-order valence-electron chi connectivity index (χ3n) is 8.87. The van der Waals surface area contributed by atoms with Gasteiger partial charge in [0.15, 0.2) is 0 Å². The van der Waals surface area contributed by atoms with E-state index in [4.69, 9.17) is 9.72 Å². The molecule has 5 aromatic rings. The predicted molar refractivity (Wildman–Crippen MR) is 196 cm³/mol. The summed E-state index contributed by atoms with van der Waals surface area (Å²) in [5.41, 5.74) is 3.33. The second-order valence-corrected chi connectivity index (χ2v) is 12.9. The Labute approximate surface area is 289 Å². The number of nitrogens with one attached hydrogen (secondary N) is 2. The number of rotatable bonds is 14. The van der Waals surface area contributed by atoms with Crippen molar-refractivity contribution in [2.45, 2.75) is 40.7 Å². The van der Waals surface area contributed by atoms with Crippen molar-refractivity contribution in [1.82, 2.24) is 19.9 Å². The number of carboxylic acid groups (broad SMARTS) is 1. The van der Waals surface area contributed by atoms with Gasteiger partial charge in [-0.3, -0.25) is 10.1 Å². The lowest BCUT2D eigenvalue weighted by Gasteiger charge is -2.32. The molecule has 0 unspecified atom stereocenters. The highest BCUT2D eigenvalue weighted by atomic mass is 32.1. The van der Waals surface area contributed by atoms with Gasteiger partial charge in [-0.2, -0.15) is 0 Å². The summed E-state index contributed by atoms with van der Waals surface area (Å²) in [7, 11) is 2.19. The van der Waals surface area contributed by atoms with Gasteiger partial charge in [-0.05, 0) is 39.3 Å². The zero-order valence-corrected chi connectivity index (χ0v) is 29.4. The molecule has 0 aliphatic rings. The van der Waals surface area contributed by atoms with Crippen molar-refractivity contribution in [2.24, 2.45) is 0 Å². The van der Waals surface area contributed by atoms with Crippen LogP contribution in [-0.2, 0) is 6.54 Å². The highest BCUT2D eigenvalue weighted by molar-refractivity contribution is 7.13. The first kappa shape index (κ1) is 35.2. The smallest absolute Gasteiger partial charge is 0.341 e. The molecule has 0 atom stereocenters. The van der Waals surface area contributed by atoms with Crippen LogP contribution in [0.25, 0.3) is 43.9 Å². The van der Waals surface area contributed by atoms with Crippen molar-refractivity contribution in [1.29, 1.82) is 0 Å².